The molecule has 0 aromatic carbocycles. The second-order valence-corrected chi connectivity index (χ2v) is 4.48. The van der Waals surface area contributed by atoms with E-state index in [0.717, 1.165) is 13.8 Å². The summed E-state index contributed by atoms with van der Waals surface area (Å²) < 4.78 is 0. The van der Waals surface area contributed by atoms with Gasteiger partial charge in [-0.15, -0.1) is 0 Å². The van der Waals surface area contributed by atoms with Gasteiger partial charge in [0.15, 0.2) is 0 Å². The molecule has 0 rings (SSSR count). The number of carboxylic acids is 2. The highest BCUT2D eigenvalue weighted by atomic mass is 16.4. The van der Waals surface area contributed by atoms with Gasteiger partial charge in [-0.3, -0.25) is 9.59 Å². The van der Waals surface area contributed by atoms with Gasteiger partial charge in [-0.25, -0.2) is 0 Å². The first kappa shape index (κ1) is 20.3. The van der Waals surface area contributed by atoms with Crippen molar-refractivity contribution in [2.24, 2.45) is 11.5 Å². The highest BCUT2D eigenvalue weighted by Gasteiger charge is 2.28. The van der Waals surface area contributed by atoms with Gasteiger partial charge in [0.05, 0.1) is 0 Å². The van der Waals surface area contributed by atoms with Crippen molar-refractivity contribution in [2.45, 2.75) is 52.6 Å². The number of carboxylic acid groups (broad SMARTS) is 2. The summed E-state index contributed by atoms with van der Waals surface area (Å²) in [5, 5.41) is 14.8. The van der Waals surface area contributed by atoms with E-state index in [0.29, 0.717) is 0 Å². The summed E-state index contributed by atoms with van der Waals surface area (Å²) in [6.45, 7) is 9.86. The molecule has 0 heterocycles. The fourth-order valence-electron chi connectivity index (χ4n) is 0. The molecule has 6 nitrogen and oxygen atoms in total. The van der Waals surface area contributed by atoms with Crippen LogP contribution in [0.2, 0.25) is 0 Å². The van der Waals surface area contributed by atoms with Crippen molar-refractivity contribution in [1.82, 2.24) is 0 Å². The van der Waals surface area contributed by atoms with Crippen molar-refractivity contribution in [3.8, 4) is 0 Å². The minimum Gasteiger partial charge on any atom is -0.481 e. The Kier molecular flexibility index (Phi) is 10.2. The van der Waals surface area contributed by atoms with Gasteiger partial charge < -0.3 is 21.7 Å². The summed E-state index contributed by atoms with van der Waals surface area (Å²) in [7, 11) is 0. The van der Waals surface area contributed by atoms with E-state index >= 15 is 0 Å². The summed E-state index contributed by atoms with van der Waals surface area (Å²) >= 11 is 0. The third kappa shape index (κ3) is 29.3. The largest absolute Gasteiger partial charge is 0.481 e. The molecule has 0 aromatic heterocycles. The average molecular weight is 236 g/mol. The van der Waals surface area contributed by atoms with Crippen LogP contribution >= 0.6 is 0 Å². The van der Waals surface area contributed by atoms with Crippen LogP contribution in [0.1, 0.15) is 41.5 Å². The summed E-state index contributed by atoms with van der Waals surface area (Å²) in [4.78, 5) is 18.0. The van der Waals surface area contributed by atoms with E-state index < -0.39 is 11.9 Å². The Bertz CT molecular complexity index is 182. The van der Waals surface area contributed by atoms with Crippen LogP contribution in [0, 0.1) is 0 Å². The standard InChI is InChI=1S/C6H16N2.2C2H4O2/c1-5(2,7)6(3,4)8;2*1-2(3)4/h7-8H2,1-4H3;2*1H3,(H,3,4). The molecule has 0 saturated carbocycles. The summed E-state index contributed by atoms with van der Waals surface area (Å²) in [5.74, 6) is -1.67. The van der Waals surface area contributed by atoms with Crippen LogP contribution in [0.25, 0.3) is 0 Å². The maximum absolute atomic E-state index is 9.00. The molecule has 0 atom stereocenters. The molecule has 0 radical (unpaired) electrons. The minimum atomic E-state index is -0.833. The van der Waals surface area contributed by atoms with Crippen LogP contribution in [0.15, 0.2) is 0 Å². The van der Waals surface area contributed by atoms with Gasteiger partial charge in [0.2, 0.25) is 0 Å². The van der Waals surface area contributed by atoms with E-state index in [4.69, 9.17) is 31.3 Å². The Hall–Kier alpha value is -1.14. The van der Waals surface area contributed by atoms with Gasteiger partial charge in [0.25, 0.3) is 11.9 Å². The Labute approximate surface area is 96.6 Å². The summed E-state index contributed by atoms with van der Waals surface area (Å²) in [6, 6.07) is 0. The molecule has 0 bridgehead atoms. The van der Waals surface area contributed by atoms with Crippen molar-refractivity contribution in [3.05, 3.63) is 0 Å². The van der Waals surface area contributed by atoms with Crippen LogP contribution in [-0.4, -0.2) is 33.2 Å². The fourth-order valence-corrected chi connectivity index (χ4v) is 0. The van der Waals surface area contributed by atoms with Crippen LogP contribution < -0.4 is 11.5 Å². The number of hydrogen-bond donors (Lipinski definition) is 4. The maximum atomic E-state index is 9.00. The number of rotatable bonds is 1. The van der Waals surface area contributed by atoms with Crippen molar-refractivity contribution in [3.63, 3.8) is 0 Å². The zero-order valence-electron chi connectivity index (χ0n) is 10.9. The quantitative estimate of drug-likeness (QED) is 0.529. The highest BCUT2D eigenvalue weighted by molar-refractivity contribution is 5.63. The molecule has 98 valence electrons. The number of aliphatic carboxylic acids is 2. The van der Waals surface area contributed by atoms with E-state index in [1.165, 1.54) is 0 Å². The monoisotopic (exact) mass is 236 g/mol. The first-order chi connectivity index (χ1) is 6.71. The lowest BCUT2D eigenvalue weighted by molar-refractivity contribution is -0.135. The molecule has 6 heteroatoms. The van der Waals surface area contributed by atoms with Crippen LogP contribution in [0.5, 0.6) is 0 Å². The van der Waals surface area contributed by atoms with Crippen LogP contribution in [0.4, 0.5) is 0 Å². The smallest absolute Gasteiger partial charge is 0.300 e. The van der Waals surface area contributed by atoms with E-state index in [9.17, 15) is 0 Å². The number of nitrogens with two attached hydrogens (primary N) is 2. The molecule has 0 aliphatic heterocycles. The highest BCUT2D eigenvalue weighted by Crippen LogP contribution is 2.13. The average Bonchev–Trinajstić information content (AvgIpc) is 1.76. The predicted octanol–water partition coefficient (Wildman–Crippen LogP) is 0.643. The molecule has 0 aromatic rings. The zero-order valence-corrected chi connectivity index (χ0v) is 10.9. The molecule has 0 amide bonds. The molecule has 6 N–H and O–H groups in total. The molecular formula is C10H24N2O4. The van der Waals surface area contributed by atoms with E-state index in [1.54, 1.807) is 0 Å². The molecule has 0 saturated heterocycles. The van der Waals surface area contributed by atoms with Crippen molar-refractivity contribution in [1.29, 1.82) is 0 Å². The Morgan fingerprint density at radius 2 is 0.875 bits per heavy atom. The van der Waals surface area contributed by atoms with Crippen LogP contribution in [0.3, 0.4) is 0 Å². The lowest BCUT2D eigenvalue weighted by atomic mass is 9.85. The fraction of sp³-hybridized carbons (Fsp3) is 0.800. The minimum absolute atomic E-state index is 0.285. The van der Waals surface area contributed by atoms with Crippen molar-refractivity contribution < 1.29 is 19.8 Å². The van der Waals surface area contributed by atoms with E-state index in [1.807, 2.05) is 27.7 Å². The molecule has 0 aliphatic rings. The SMILES string of the molecule is CC(=O)O.CC(=O)O.CC(C)(N)C(C)(C)N. The van der Waals surface area contributed by atoms with Gasteiger partial charge in [-0.05, 0) is 27.7 Å². The second kappa shape index (κ2) is 8.06. The van der Waals surface area contributed by atoms with Crippen molar-refractivity contribution in [2.75, 3.05) is 0 Å². The number of hydrogen-bond acceptors (Lipinski definition) is 4. The van der Waals surface area contributed by atoms with Gasteiger partial charge in [0.1, 0.15) is 0 Å². The Morgan fingerprint density at radius 3 is 0.875 bits per heavy atom. The molecular weight excluding hydrogens is 212 g/mol. The normalized spacial score (nSPS) is 10.2. The summed E-state index contributed by atoms with van der Waals surface area (Å²) in [6.07, 6.45) is 0. The number of carbonyl (C=O) groups is 2. The molecule has 0 spiro atoms. The lowest BCUT2D eigenvalue weighted by Gasteiger charge is -2.34. The topological polar surface area (TPSA) is 127 Å². The van der Waals surface area contributed by atoms with Gasteiger partial charge in [-0.1, -0.05) is 0 Å². The third-order valence-corrected chi connectivity index (χ3v) is 1.66. The van der Waals surface area contributed by atoms with Gasteiger partial charge in [-0.2, -0.15) is 0 Å². The van der Waals surface area contributed by atoms with Crippen LogP contribution in [-0.2, 0) is 9.59 Å². The second-order valence-electron chi connectivity index (χ2n) is 4.48. The molecule has 0 unspecified atom stereocenters. The molecule has 16 heavy (non-hydrogen) atoms. The van der Waals surface area contributed by atoms with Gasteiger partial charge in [0, 0.05) is 24.9 Å². The molecule has 0 fully saturated rings. The lowest BCUT2D eigenvalue weighted by Crippen LogP contribution is -2.58. The maximum Gasteiger partial charge on any atom is 0.300 e. The Morgan fingerprint density at radius 1 is 0.812 bits per heavy atom. The van der Waals surface area contributed by atoms with E-state index in [2.05, 4.69) is 0 Å². The molecule has 0 aliphatic carbocycles. The summed E-state index contributed by atoms with van der Waals surface area (Å²) in [5.41, 5.74) is 10.8. The third-order valence-electron chi connectivity index (χ3n) is 1.66. The first-order valence-corrected chi connectivity index (χ1v) is 4.68. The van der Waals surface area contributed by atoms with Crippen molar-refractivity contribution >= 4 is 11.9 Å². The Balaban J connectivity index is -0.000000179. The zero-order chi connectivity index (χ0) is 14.2. The predicted molar refractivity (Wildman–Crippen MR) is 63.2 cm³/mol. The van der Waals surface area contributed by atoms with E-state index in [-0.39, 0.29) is 11.1 Å². The van der Waals surface area contributed by atoms with Gasteiger partial charge >= 0.3 is 0 Å². The first-order valence-electron chi connectivity index (χ1n) is 4.68.